The van der Waals surface area contributed by atoms with Crippen LogP contribution in [0.15, 0.2) is 12.1 Å². The summed E-state index contributed by atoms with van der Waals surface area (Å²) in [6.45, 7) is 0. The summed E-state index contributed by atoms with van der Waals surface area (Å²) in [6, 6.07) is 1.17. The van der Waals surface area contributed by atoms with Gasteiger partial charge < -0.3 is 5.11 Å². The number of aromatic carboxylic acids is 1. The second-order valence-electron chi connectivity index (χ2n) is 3.39. The van der Waals surface area contributed by atoms with Gasteiger partial charge in [0.25, 0.3) is 5.82 Å². The molecule has 0 saturated carbocycles. The fourth-order valence-corrected chi connectivity index (χ4v) is 1.23. The summed E-state index contributed by atoms with van der Waals surface area (Å²) in [7, 11) is 0. The van der Waals surface area contributed by atoms with Gasteiger partial charge in [-0.3, -0.25) is 0 Å². The molecule has 6 nitrogen and oxygen atoms in total. The number of nitrogens with zero attached hydrogens (tertiary/aromatic N) is 4. The van der Waals surface area contributed by atoms with Crippen LogP contribution in [0.4, 0.5) is 22.0 Å². The van der Waals surface area contributed by atoms with Crippen LogP contribution in [0, 0.1) is 0 Å². The van der Waals surface area contributed by atoms with E-state index in [1.54, 1.807) is 0 Å². The number of rotatable bonds is 2. The normalized spacial score (nSPS) is 12.9. The molecule has 2 aromatic heterocycles. The molecule has 2 heterocycles. The second kappa shape index (κ2) is 3.83. The topological polar surface area (TPSA) is 80.4 Å². The van der Waals surface area contributed by atoms with Crippen LogP contribution in [0.1, 0.15) is 16.3 Å². The molecule has 0 amide bonds. The SMILES string of the molecule is O=C(O)c1nnc2ccc(C(F)(F)C(F)(F)F)nn12. The fraction of sp³-hybridized carbons (Fsp3) is 0.250. The van der Waals surface area contributed by atoms with Crippen LogP contribution in [-0.4, -0.2) is 37.1 Å². The van der Waals surface area contributed by atoms with E-state index in [2.05, 4.69) is 15.3 Å². The van der Waals surface area contributed by atoms with Crippen LogP contribution in [0.25, 0.3) is 5.65 Å². The summed E-state index contributed by atoms with van der Waals surface area (Å²) in [4.78, 5) is 10.7. The van der Waals surface area contributed by atoms with Gasteiger partial charge in [-0.15, -0.1) is 10.2 Å². The largest absolute Gasteiger partial charge is 0.475 e. The van der Waals surface area contributed by atoms with Crippen molar-refractivity contribution < 1.29 is 31.9 Å². The highest BCUT2D eigenvalue weighted by Gasteiger charge is 2.60. The third-order valence-corrected chi connectivity index (χ3v) is 2.13. The molecule has 0 fully saturated rings. The highest BCUT2D eigenvalue weighted by atomic mass is 19.4. The lowest BCUT2D eigenvalue weighted by molar-refractivity contribution is -0.291. The lowest BCUT2D eigenvalue weighted by Gasteiger charge is -2.18. The van der Waals surface area contributed by atoms with E-state index in [0.717, 1.165) is 6.07 Å². The number of halogens is 5. The number of hydrogen-bond acceptors (Lipinski definition) is 4. The Morgan fingerprint density at radius 1 is 1.16 bits per heavy atom. The van der Waals surface area contributed by atoms with Crippen LogP contribution >= 0.6 is 0 Å². The summed E-state index contributed by atoms with van der Waals surface area (Å²) < 4.78 is 62.9. The average molecular weight is 282 g/mol. The number of carbonyl (C=O) groups is 1. The Kier molecular flexibility index (Phi) is 2.64. The first-order valence-electron chi connectivity index (χ1n) is 4.55. The van der Waals surface area contributed by atoms with E-state index < -0.39 is 29.6 Å². The minimum atomic E-state index is -5.84. The number of aromatic nitrogens is 4. The summed E-state index contributed by atoms with van der Waals surface area (Å²) >= 11 is 0. The highest BCUT2D eigenvalue weighted by Crippen LogP contribution is 2.42. The third-order valence-electron chi connectivity index (χ3n) is 2.13. The van der Waals surface area contributed by atoms with Gasteiger partial charge in [0.2, 0.25) is 0 Å². The summed E-state index contributed by atoms with van der Waals surface area (Å²) in [6.07, 6.45) is -5.84. The molecule has 0 atom stereocenters. The molecule has 0 saturated heterocycles. The lowest BCUT2D eigenvalue weighted by Crippen LogP contribution is -2.35. The molecule has 0 aliphatic carbocycles. The summed E-state index contributed by atoms with van der Waals surface area (Å²) in [5.41, 5.74) is -1.91. The highest BCUT2D eigenvalue weighted by molar-refractivity contribution is 5.84. The molecule has 2 rings (SSSR count). The van der Waals surface area contributed by atoms with Gasteiger partial charge in [0, 0.05) is 0 Å². The van der Waals surface area contributed by atoms with Crippen molar-refractivity contribution >= 4 is 11.6 Å². The first kappa shape index (κ1) is 13.1. The molecule has 0 unspecified atom stereocenters. The Labute approximate surface area is 100 Å². The Morgan fingerprint density at radius 2 is 1.79 bits per heavy atom. The van der Waals surface area contributed by atoms with Crippen molar-refractivity contribution in [2.45, 2.75) is 12.1 Å². The van der Waals surface area contributed by atoms with Gasteiger partial charge in [-0.2, -0.15) is 31.6 Å². The van der Waals surface area contributed by atoms with Crippen LogP contribution in [0.5, 0.6) is 0 Å². The van der Waals surface area contributed by atoms with Crippen molar-refractivity contribution in [3.63, 3.8) is 0 Å². The van der Waals surface area contributed by atoms with Gasteiger partial charge in [-0.25, -0.2) is 4.79 Å². The van der Waals surface area contributed by atoms with E-state index >= 15 is 0 Å². The first-order valence-corrected chi connectivity index (χ1v) is 4.55. The summed E-state index contributed by atoms with van der Waals surface area (Å²) in [5.74, 6) is -7.73. The van der Waals surface area contributed by atoms with Crippen LogP contribution in [-0.2, 0) is 5.92 Å². The van der Waals surface area contributed by atoms with Crippen molar-refractivity contribution in [3.05, 3.63) is 23.7 Å². The predicted molar refractivity (Wildman–Crippen MR) is 47.7 cm³/mol. The first-order chi connectivity index (χ1) is 8.64. The van der Waals surface area contributed by atoms with Crippen molar-refractivity contribution in [1.29, 1.82) is 0 Å². The maximum absolute atomic E-state index is 13.0. The molecular weight excluding hydrogens is 279 g/mol. The third kappa shape index (κ3) is 1.96. The molecule has 0 radical (unpaired) electrons. The molecule has 102 valence electrons. The number of carboxylic acids is 1. The van der Waals surface area contributed by atoms with Crippen molar-refractivity contribution in [3.8, 4) is 0 Å². The minimum absolute atomic E-state index is 0.265. The molecule has 0 aromatic carbocycles. The molecule has 19 heavy (non-hydrogen) atoms. The van der Waals surface area contributed by atoms with E-state index in [9.17, 15) is 26.7 Å². The zero-order chi connectivity index (χ0) is 14.4. The molecule has 1 N–H and O–H groups in total. The van der Waals surface area contributed by atoms with Gasteiger partial charge in [0.1, 0.15) is 5.69 Å². The molecule has 0 aliphatic heterocycles. The van der Waals surface area contributed by atoms with Gasteiger partial charge in [0.05, 0.1) is 0 Å². The van der Waals surface area contributed by atoms with E-state index in [4.69, 9.17) is 5.11 Å². The van der Waals surface area contributed by atoms with Gasteiger partial charge in [0.15, 0.2) is 5.65 Å². The Hall–Kier alpha value is -2.33. The Bertz CT molecular complexity index is 650. The number of alkyl halides is 5. The minimum Gasteiger partial charge on any atom is -0.475 e. The van der Waals surface area contributed by atoms with E-state index in [-0.39, 0.29) is 5.65 Å². The van der Waals surface area contributed by atoms with Crippen LogP contribution < -0.4 is 0 Å². The van der Waals surface area contributed by atoms with E-state index in [0.29, 0.717) is 10.6 Å². The molecule has 0 spiro atoms. The fourth-order valence-electron chi connectivity index (χ4n) is 1.23. The van der Waals surface area contributed by atoms with Crippen molar-refractivity contribution in [2.24, 2.45) is 0 Å². The second-order valence-corrected chi connectivity index (χ2v) is 3.39. The molecule has 2 aromatic rings. The quantitative estimate of drug-likeness (QED) is 0.844. The number of carboxylic acid groups (broad SMARTS) is 1. The van der Waals surface area contributed by atoms with Crippen molar-refractivity contribution in [1.82, 2.24) is 19.8 Å². The van der Waals surface area contributed by atoms with Crippen LogP contribution in [0.2, 0.25) is 0 Å². The van der Waals surface area contributed by atoms with Crippen LogP contribution in [0.3, 0.4) is 0 Å². The van der Waals surface area contributed by atoms with E-state index in [1.165, 1.54) is 0 Å². The molecule has 11 heteroatoms. The Morgan fingerprint density at radius 3 is 2.32 bits per heavy atom. The standard InChI is InChI=1S/C8H3F5N4O2/c9-7(10,8(11,12)13)3-1-2-4-14-15-5(6(18)19)17(4)16-3/h1-2H,(H,18,19). The molecule has 0 bridgehead atoms. The number of fused-ring (bicyclic) bond motifs is 1. The molecular formula is C8H3F5N4O2. The molecule has 0 aliphatic rings. The predicted octanol–water partition coefficient (Wildman–Crippen LogP) is 1.48. The number of hydrogen-bond donors (Lipinski definition) is 1. The maximum Gasteiger partial charge on any atom is 0.459 e. The van der Waals surface area contributed by atoms with Gasteiger partial charge in [-0.1, -0.05) is 0 Å². The zero-order valence-corrected chi connectivity index (χ0v) is 8.69. The zero-order valence-electron chi connectivity index (χ0n) is 8.69. The average Bonchev–Trinajstić information content (AvgIpc) is 2.69. The van der Waals surface area contributed by atoms with Crippen molar-refractivity contribution in [2.75, 3.05) is 0 Å². The lowest BCUT2D eigenvalue weighted by atomic mass is 10.2. The van der Waals surface area contributed by atoms with E-state index in [1.807, 2.05) is 0 Å². The smallest absolute Gasteiger partial charge is 0.459 e. The Balaban J connectivity index is 2.64. The van der Waals surface area contributed by atoms with Gasteiger partial charge >= 0.3 is 18.1 Å². The summed E-state index contributed by atoms with van der Waals surface area (Å²) in [5, 5.41) is 18.0. The van der Waals surface area contributed by atoms with Gasteiger partial charge in [-0.05, 0) is 12.1 Å². The maximum atomic E-state index is 13.0. The monoisotopic (exact) mass is 282 g/mol.